The number of carbonyl (C=O) groups excluding carboxylic acids is 1. The molecule has 0 aliphatic rings. The molecule has 0 saturated carbocycles. The Kier molecular flexibility index (Phi) is 6.05. The van der Waals surface area contributed by atoms with Gasteiger partial charge in [0, 0.05) is 17.0 Å². The lowest BCUT2D eigenvalue weighted by Crippen LogP contribution is -2.33. The Morgan fingerprint density at radius 3 is 2.47 bits per heavy atom. The molecule has 9 nitrogen and oxygen atoms in total. The van der Waals surface area contributed by atoms with E-state index in [-0.39, 0.29) is 44.6 Å². The molecule has 38 heavy (non-hydrogen) atoms. The molecule has 5 aromatic rings. The molecule has 1 unspecified atom stereocenters. The zero-order chi connectivity index (χ0) is 27.2. The van der Waals surface area contributed by atoms with Gasteiger partial charge in [0.25, 0.3) is 0 Å². The second-order valence-electron chi connectivity index (χ2n) is 7.98. The first-order valence-corrected chi connectivity index (χ1v) is 10.7. The molecule has 0 aliphatic carbocycles. The highest BCUT2D eigenvalue weighted by Crippen LogP contribution is 2.37. The summed E-state index contributed by atoms with van der Waals surface area (Å²) in [6.07, 6.45) is -2.21. The van der Waals surface area contributed by atoms with Gasteiger partial charge in [-0.15, -0.1) is 9.83 Å². The molecular weight excluding hydrogens is 520 g/mol. The van der Waals surface area contributed by atoms with Gasteiger partial charge < -0.3 is 10.2 Å². The number of anilines is 1. The number of aromatic nitrogens is 6. The van der Waals surface area contributed by atoms with Crippen molar-refractivity contribution in [3.63, 3.8) is 0 Å². The largest absolute Gasteiger partial charge is 0.493 e. The monoisotopic (exact) mass is 533 g/mol. The van der Waals surface area contributed by atoms with Crippen LogP contribution in [0.15, 0.2) is 49.2 Å². The minimum absolute atomic E-state index is 0.0136. The number of rotatable bonds is 5. The SMILES string of the molecule is CC(Nc1ncnc2c1ncn2OC(=O)C(F)(F)F)c1cc(F)c2ccnnc2c1-c1cc(F)cc(F)c1. The third-order valence-corrected chi connectivity index (χ3v) is 5.47. The molecule has 0 fully saturated rings. The topological polar surface area (TPSA) is 108 Å². The summed E-state index contributed by atoms with van der Waals surface area (Å²) in [5.74, 6) is -4.93. The molecule has 0 radical (unpaired) electrons. The molecule has 0 amide bonds. The van der Waals surface area contributed by atoms with Gasteiger partial charge in [0.05, 0.1) is 12.2 Å². The second kappa shape index (κ2) is 9.24. The predicted molar refractivity (Wildman–Crippen MR) is 120 cm³/mol. The average Bonchev–Trinajstić information content (AvgIpc) is 3.26. The average molecular weight is 533 g/mol. The third kappa shape index (κ3) is 4.53. The molecule has 0 spiro atoms. The van der Waals surface area contributed by atoms with Crippen molar-refractivity contribution in [1.82, 2.24) is 29.9 Å². The first-order valence-electron chi connectivity index (χ1n) is 10.7. The molecular formula is C23H13F6N7O2. The van der Waals surface area contributed by atoms with Gasteiger partial charge in [-0.3, -0.25) is 0 Å². The van der Waals surface area contributed by atoms with Crippen LogP contribution < -0.4 is 10.2 Å². The Balaban J connectivity index is 1.59. The molecule has 3 aromatic heterocycles. The van der Waals surface area contributed by atoms with Gasteiger partial charge in [-0.25, -0.2) is 32.9 Å². The van der Waals surface area contributed by atoms with Gasteiger partial charge in [0.15, 0.2) is 11.3 Å². The van der Waals surface area contributed by atoms with Crippen molar-refractivity contribution in [1.29, 1.82) is 0 Å². The lowest BCUT2D eigenvalue weighted by atomic mass is 9.92. The van der Waals surface area contributed by atoms with E-state index in [9.17, 15) is 26.7 Å². The highest BCUT2D eigenvalue weighted by atomic mass is 19.4. The van der Waals surface area contributed by atoms with Crippen molar-refractivity contribution < 1.29 is 36.0 Å². The van der Waals surface area contributed by atoms with Crippen LogP contribution in [0.25, 0.3) is 33.2 Å². The van der Waals surface area contributed by atoms with E-state index >= 15 is 4.39 Å². The number of hydrogen-bond acceptors (Lipinski definition) is 8. The highest BCUT2D eigenvalue weighted by Gasteiger charge is 2.42. The number of hydrogen-bond donors (Lipinski definition) is 1. The first kappa shape index (κ1) is 24.9. The van der Waals surface area contributed by atoms with Gasteiger partial charge in [-0.1, -0.05) is 0 Å². The maximum Gasteiger partial charge on any atom is 0.493 e. The Morgan fingerprint density at radius 1 is 1.03 bits per heavy atom. The molecule has 0 bridgehead atoms. The molecule has 3 heterocycles. The molecule has 194 valence electrons. The maximum absolute atomic E-state index is 15.0. The van der Waals surface area contributed by atoms with E-state index in [1.165, 1.54) is 12.3 Å². The molecule has 1 N–H and O–H groups in total. The Bertz CT molecular complexity index is 1690. The molecule has 2 aromatic carbocycles. The summed E-state index contributed by atoms with van der Waals surface area (Å²) < 4.78 is 81.5. The number of benzene rings is 2. The molecule has 0 aliphatic heterocycles. The minimum Gasteiger partial charge on any atom is -0.362 e. The van der Waals surface area contributed by atoms with Gasteiger partial charge in [-0.05, 0) is 42.3 Å². The standard InChI is InChI=1S/C23H13F6N7O2/c1-10(34-20-19-21(31-8-30-20)36(9-32-19)38-22(37)23(27,28)29)15-7-16(26)14-2-3-33-35-18(14)17(15)11-4-12(24)6-13(25)5-11/h2-10H,1H3,(H,30,31,34). The van der Waals surface area contributed by atoms with Crippen LogP contribution in [0.4, 0.5) is 32.2 Å². The van der Waals surface area contributed by atoms with Crippen molar-refractivity contribution in [2.45, 2.75) is 19.1 Å². The summed E-state index contributed by atoms with van der Waals surface area (Å²) in [5.41, 5.74) is 0.146. The van der Waals surface area contributed by atoms with Crippen molar-refractivity contribution in [2.24, 2.45) is 0 Å². The first-order chi connectivity index (χ1) is 18.0. The Morgan fingerprint density at radius 2 is 1.76 bits per heavy atom. The Hall–Kier alpha value is -4.82. The molecule has 15 heteroatoms. The van der Waals surface area contributed by atoms with Gasteiger partial charge in [0.1, 0.15) is 35.6 Å². The zero-order valence-corrected chi connectivity index (χ0v) is 19.0. The maximum atomic E-state index is 15.0. The number of nitrogens with zero attached hydrogens (tertiary/aromatic N) is 6. The minimum atomic E-state index is -5.25. The summed E-state index contributed by atoms with van der Waals surface area (Å²) >= 11 is 0. The molecule has 1 atom stereocenters. The number of nitrogens with one attached hydrogen (secondary N) is 1. The number of carbonyl (C=O) groups is 1. The van der Waals surface area contributed by atoms with E-state index in [2.05, 4.69) is 35.3 Å². The van der Waals surface area contributed by atoms with Crippen LogP contribution in [0.3, 0.4) is 0 Å². The highest BCUT2D eigenvalue weighted by molar-refractivity contribution is 5.96. The summed E-state index contributed by atoms with van der Waals surface area (Å²) in [7, 11) is 0. The van der Waals surface area contributed by atoms with Crippen LogP contribution in [0.2, 0.25) is 0 Å². The third-order valence-electron chi connectivity index (χ3n) is 5.47. The molecule has 5 rings (SSSR count). The fourth-order valence-corrected chi connectivity index (χ4v) is 3.89. The second-order valence-corrected chi connectivity index (χ2v) is 7.98. The van der Waals surface area contributed by atoms with Crippen molar-refractivity contribution >= 4 is 33.9 Å². The van der Waals surface area contributed by atoms with E-state index in [0.29, 0.717) is 10.8 Å². The van der Waals surface area contributed by atoms with E-state index in [1.54, 1.807) is 6.92 Å². The summed E-state index contributed by atoms with van der Waals surface area (Å²) in [6.45, 7) is 1.57. The normalized spacial score (nSPS) is 12.6. The fourth-order valence-electron chi connectivity index (χ4n) is 3.89. The summed E-state index contributed by atoms with van der Waals surface area (Å²) in [4.78, 5) is 27.2. The van der Waals surface area contributed by atoms with Gasteiger partial charge in [-0.2, -0.15) is 18.3 Å². The predicted octanol–water partition coefficient (Wildman–Crippen LogP) is 4.54. The lowest BCUT2D eigenvalue weighted by molar-refractivity contribution is -0.199. The van der Waals surface area contributed by atoms with Crippen molar-refractivity contribution in [3.8, 4) is 11.1 Å². The number of halogens is 6. The summed E-state index contributed by atoms with van der Waals surface area (Å²) in [6, 6.07) is 4.48. The van der Waals surface area contributed by atoms with Gasteiger partial charge in [0.2, 0.25) is 5.65 Å². The Labute approximate surface area is 208 Å². The van der Waals surface area contributed by atoms with E-state index in [1.807, 2.05) is 0 Å². The molecule has 0 saturated heterocycles. The fraction of sp³-hybridized carbons (Fsp3) is 0.130. The van der Waals surface area contributed by atoms with Crippen LogP contribution in [-0.2, 0) is 4.79 Å². The number of fused-ring (bicyclic) bond motifs is 2. The number of alkyl halides is 3. The lowest BCUT2D eigenvalue weighted by Gasteiger charge is -2.20. The van der Waals surface area contributed by atoms with E-state index < -0.39 is 35.6 Å². The van der Waals surface area contributed by atoms with E-state index in [4.69, 9.17) is 0 Å². The van der Waals surface area contributed by atoms with E-state index in [0.717, 1.165) is 30.9 Å². The number of imidazole rings is 1. The van der Waals surface area contributed by atoms with Crippen LogP contribution in [-0.4, -0.2) is 42.0 Å². The van der Waals surface area contributed by atoms with Crippen LogP contribution >= 0.6 is 0 Å². The van der Waals surface area contributed by atoms with Crippen LogP contribution in [0, 0.1) is 17.5 Å². The quantitative estimate of drug-likeness (QED) is 0.328. The van der Waals surface area contributed by atoms with Crippen molar-refractivity contribution in [2.75, 3.05) is 5.32 Å². The van der Waals surface area contributed by atoms with Crippen molar-refractivity contribution in [3.05, 3.63) is 72.2 Å². The van der Waals surface area contributed by atoms with Gasteiger partial charge >= 0.3 is 12.1 Å². The van der Waals surface area contributed by atoms with Crippen LogP contribution in [0.5, 0.6) is 0 Å². The zero-order valence-electron chi connectivity index (χ0n) is 19.0. The smallest absolute Gasteiger partial charge is 0.362 e. The van der Waals surface area contributed by atoms with Crippen LogP contribution in [0.1, 0.15) is 18.5 Å². The summed E-state index contributed by atoms with van der Waals surface area (Å²) in [5, 5.41) is 10.8.